The van der Waals surface area contributed by atoms with E-state index in [0.29, 0.717) is 18.1 Å². The van der Waals surface area contributed by atoms with Crippen LogP contribution in [0.5, 0.6) is 0 Å². The molecule has 0 bridgehead atoms. The molecule has 3 rings (SSSR count). The van der Waals surface area contributed by atoms with E-state index in [1.807, 2.05) is 44.2 Å². The summed E-state index contributed by atoms with van der Waals surface area (Å²) in [6.45, 7) is 4.73. The first-order valence-electron chi connectivity index (χ1n) is 7.22. The molecule has 2 heterocycles. The highest BCUT2D eigenvalue weighted by atomic mass is 16.3. The van der Waals surface area contributed by atoms with Crippen LogP contribution in [0.3, 0.4) is 0 Å². The maximum absolute atomic E-state index is 5.84. The minimum absolute atomic E-state index is 0.651. The second kappa shape index (κ2) is 5.66. The Hall–Kier alpha value is -2.20. The molecular formula is C17H19N3O. The molecule has 2 N–H and O–H groups in total. The monoisotopic (exact) mass is 281 g/mol. The summed E-state index contributed by atoms with van der Waals surface area (Å²) >= 11 is 0. The van der Waals surface area contributed by atoms with E-state index in [2.05, 4.69) is 9.97 Å². The van der Waals surface area contributed by atoms with Crippen LogP contribution in [-0.2, 0) is 6.42 Å². The number of nitrogens with zero attached hydrogens (tertiary/aromatic N) is 2. The molecule has 4 nitrogen and oxygen atoms in total. The zero-order valence-corrected chi connectivity index (χ0v) is 12.4. The molecular weight excluding hydrogens is 262 g/mol. The maximum atomic E-state index is 5.84. The molecule has 0 aliphatic carbocycles. The van der Waals surface area contributed by atoms with Gasteiger partial charge < -0.3 is 10.2 Å². The molecule has 0 saturated carbocycles. The fourth-order valence-electron chi connectivity index (χ4n) is 2.58. The largest absolute Gasteiger partial charge is 0.453 e. The van der Waals surface area contributed by atoms with Crippen LogP contribution in [0.25, 0.3) is 22.6 Å². The molecule has 0 aliphatic rings. The molecule has 0 saturated heterocycles. The number of aryl methyl sites for hydroxylation is 2. The van der Waals surface area contributed by atoms with Crippen molar-refractivity contribution in [3.8, 4) is 11.6 Å². The van der Waals surface area contributed by atoms with Crippen molar-refractivity contribution in [2.45, 2.75) is 26.7 Å². The first kappa shape index (κ1) is 13.8. The number of rotatable bonds is 4. The Morgan fingerprint density at radius 1 is 1.10 bits per heavy atom. The van der Waals surface area contributed by atoms with E-state index in [1.165, 1.54) is 5.56 Å². The van der Waals surface area contributed by atoms with Gasteiger partial charge in [0.25, 0.3) is 0 Å². The van der Waals surface area contributed by atoms with Gasteiger partial charge in [0, 0.05) is 16.8 Å². The van der Waals surface area contributed by atoms with Crippen molar-refractivity contribution in [3.63, 3.8) is 0 Å². The standard InChI is InChI=1S/C17H19N3O/c1-11-14(7-5-9-18)12(2)20-17(19-11)16-10-13-6-3-4-8-15(13)21-16/h3-4,6,8,10H,5,7,9,18H2,1-2H3. The van der Waals surface area contributed by atoms with Gasteiger partial charge in [-0.1, -0.05) is 18.2 Å². The second-order valence-corrected chi connectivity index (χ2v) is 5.24. The number of hydrogen-bond donors (Lipinski definition) is 1. The maximum Gasteiger partial charge on any atom is 0.196 e. The highest BCUT2D eigenvalue weighted by Gasteiger charge is 2.13. The average Bonchev–Trinajstić information content (AvgIpc) is 2.90. The van der Waals surface area contributed by atoms with Crippen LogP contribution in [0.2, 0.25) is 0 Å². The number of nitrogens with two attached hydrogens (primary N) is 1. The lowest BCUT2D eigenvalue weighted by Gasteiger charge is -2.09. The molecule has 0 aliphatic heterocycles. The van der Waals surface area contributed by atoms with Crippen LogP contribution in [0.1, 0.15) is 23.4 Å². The lowest BCUT2D eigenvalue weighted by Crippen LogP contribution is -2.06. The number of aromatic nitrogens is 2. The molecule has 2 aromatic heterocycles. The van der Waals surface area contributed by atoms with Gasteiger partial charge in [0.05, 0.1) is 0 Å². The van der Waals surface area contributed by atoms with E-state index in [0.717, 1.165) is 35.2 Å². The zero-order valence-electron chi connectivity index (χ0n) is 12.4. The molecule has 0 atom stereocenters. The Balaban J connectivity index is 2.02. The quantitative estimate of drug-likeness (QED) is 0.796. The SMILES string of the molecule is Cc1nc(-c2cc3ccccc3o2)nc(C)c1CCCN. The molecule has 0 unspecified atom stereocenters. The van der Waals surface area contributed by atoms with Crippen molar-refractivity contribution < 1.29 is 4.42 Å². The first-order chi connectivity index (χ1) is 10.2. The van der Waals surface area contributed by atoms with Gasteiger partial charge in [0.15, 0.2) is 11.6 Å². The summed E-state index contributed by atoms with van der Waals surface area (Å²) in [7, 11) is 0. The Bertz CT molecular complexity index is 721. The smallest absolute Gasteiger partial charge is 0.196 e. The normalized spacial score (nSPS) is 11.2. The van der Waals surface area contributed by atoms with Crippen LogP contribution < -0.4 is 5.73 Å². The second-order valence-electron chi connectivity index (χ2n) is 5.24. The van der Waals surface area contributed by atoms with Crippen molar-refractivity contribution in [1.82, 2.24) is 9.97 Å². The van der Waals surface area contributed by atoms with Gasteiger partial charge in [0.2, 0.25) is 0 Å². The average molecular weight is 281 g/mol. The van der Waals surface area contributed by atoms with Crippen molar-refractivity contribution in [1.29, 1.82) is 0 Å². The Morgan fingerprint density at radius 3 is 2.48 bits per heavy atom. The van der Waals surface area contributed by atoms with Gasteiger partial charge in [-0.3, -0.25) is 0 Å². The molecule has 4 heteroatoms. The minimum Gasteiger partial charge on any atom is -0.453 e. The van der Waals surface area contributed by atoms with E-state index in [1.54, 1.807) is 0 Å². The van der Waals surface area contributed by atoms with Crippen molar-refractivity contribution in [3.05, 3.63) is 47.3 Å². The van der Waals surface area contributed by atoms with Crippen molar-refractivity contribution >= 4 is 11.0 Å². The minimum atomic E-state index is 0.651. The number of fused-ring (bicyclic) bond motifs is 1. The predicted molar refractivity (Wildman–Crippen MR) is 84.1 cm³/mol. The van der Waals surface area contributed by atoms with Crippen molar-refractivity contribution in [2.24, 2.45) is 5.73 Å². The van der Waals surface area contributed by atoms with Crippen LogP contribution in [-0.4, -0.2) is 16.5 Å². The van der Waals surface area contributed by atoms with E-state index < -0.39 is 0 Å². The molecule has 0 fully saturated rings. The molecule has 0 spiro atoms. The molecule has 0 radical (unpaired) electrons. The van der Waals surface area contributed by atoms with E-state index in [-0.39, 0.29) is 0 Å². The highest BCUT2D eigenvalue weighted by Crippen LogP contribution is 2.26. The fourth-order valence-corrected chi connectivity index (χ4v) is 2.58. The summed E-state index contributed by atoms with van der Waals surface area (Å²) in [5.74, 6) is 1.37. The van der Waals surface area contributed by atoms with Crippen LogP contribution in [0.4, 0.5) is 0 Å². The van der Waals surface area contributed by atoms with E-state index in [4.69, 9.17) is 10.2 Å². The lowest BCUT2D eigenvalue weighted by molar-refractivity contribution is 0.623. The summed E-state index contributed by atoms with van der Waals surface area (Å²) in [6, 6.07) is 9.92. The van der Waals surface area contributed by atoms with Gasteiger partial charge in [-0.25, -0.2) is 9.97 Å². The zero-order chi connectivity index (χ0) is 14.8. The molecule has 108 valence electrons. The molecule has 3 aromatic rings. The Morgan fingerprint density at radius 2 is 1.81 bits per heavy atom. The van der Waals surface area contributed by atoms with Gasteiger partial charge in [-0.2, -0.15) is 0 Å². The van der Waals surface area contributed by atoms with Crippen LogP contribution in [0, 0.1) is 13.8 Å². The van der Waals surface area contributed by atoms with Crippen molar-refractivity contribution in [2.75, 3.05) is 6.54 Å². The third-order valence-electron chi connectivity index (χ3n) is 3.70. The van der Waals surface area contributed by atoms with Crippen LogP contribution in [0.15, 0.2) is 34.7 Å². The summed E-state index contributed by atoms with van der Waals surface area (Å²) in [6.07, 6.45) is 1.88. The summed E-state index contributed by atoms with van der Waals surface area (Å²) in [5.41, 5.74) is 9.65. The molecule has 1 aromatic carbocycles. The number of furan rings is 1. The number of benzene rings is 1. The van der Waals surface area contributed by atoms with E-state index in [9.17, 15) is 0 Å². The van der Waals surface area contributed by atoms with Crippen LogP contribution >= 0.6 is 0 Å². The Labute approximate surface area is 124 Å². The van der Waals surface area contributed by atoms with Gasteiger partial charge in [-0.15, -0.1) is 0 Å². The first-order valence-corrected chi connectivity index (χ1v) is 7.22. The predicted octanol–water partition coefficient (Wildman–Crippen LogP) is 3.40. The summed E-state index contributed by atoms with van der Waals surface area (Å²) in [4.78, 5) is 9.21. The topological polar surface area (TPSA) is 64.9 Å². The van der Waals surface area contributed by atoms with Gasteiger partial charge in [-0.05, 0) is 50.9 Å². The Kier molecular flexibility index (Phi) is 3.71. The third-order valence-corrected chi connectivity index (χ3v) is 3.70. The molecule has 21 heavy (non-hydrogen) atoms. The van der Waals surface area contributed by atoms with Gasteiger partial charge >= 0.3 is 0 Å². The number of hydrogen-bond acceptors (Lipinski definition) is 4. The van der Waals surface area contributed by atoms with E-state index >= 15 is 0 Å². The van der Waals surface area contributed by atoms with Gasteiger partial charge in [0.1, 0.15) is 5.58 Å². The third kappa shape index (κ3) is 2.67. The fraction of sp³-hybridized carbons (Fsp3) is 0.294. The summed E-state index contributed by atoms with van der Waals surface area (Å²) in [5, 5.41) is 1.07. The summed E-state index contributed by atoms with van der Waals surface area (Å²) < 4.78 is 5.84. The highest BCUT2D eigenvalue weighted by molar-refractivity contribution is 5.81. The number of para-hydroxylation sites is 1. The lowest BCUT2D eigenvalue weighted by atomic mass is 10.1. The molecule has 0 amide bonds.